The van der Waals surface area contributed by atoms with Gasteiger partial charge in [0.15, 0.2) is 0 Å². The number of carbonyl (C=O) groups excluding carboxylic acids is 1. The quantitative estimate of drug-likeness (QED) is 0.762. The van der Waals surface area contributed by atoms with Crippen LogP contribution in [-0.2, 0) is 11.3 Å². The lowest BCUT2D eigenvalue weighted by Gasteiger charge is -2.38. The fourth-order valence-electron chi connectivity index (χ4n) is 1.78. The minimum Gasteiger partial charge on any atom is -0.475 e. The summed E-state index contributed by atoms with van der Waals surface area (Å²) in [6.45, 7) is 2.71. The van der Waals surface area contributed by atoms with E-state index in [-0.39, 0.29) is 6.03 Å². The SMILES string of the molecule is NCC1CN(C(=O)NCc2ccc(Cl)cc2)C1.O=C(O)C(F)(F)F. The van der Waals surface area contributed by atoms with Crippen LogP contribution in [0.1, 0.15) is 5.56 Å². The van der Waals surface area contributed by atoms with E-state index in [0.29, 0.717) is 24.0 Å². The monoisotopic (exact) mass is 367 g/mol. The summed E-state index contributed by atoms with van der Waals surface area (Å²) < 4.78 is 31.7. The molecular weight excluding hydrogens is 351 g/mol. The van der Waals surface area contributed by atoms with Gasteiger partial charge in [0.2, 0.25) is 0 Å². The summed E-state index contributed by atoms with van der Waals surface area (Å²) in [7, 11) is 0. The first-order chi connectivity index (χ1) is 11.1. The maximum Gasteiger partial charge on any atom is 0.490 e. The van der Waals surface area contributed by atoms with Crippen LogP contribution >= 0.6 is 11.6 Å². The van der Waals surface area contributed by atoms with Gasteiger partial charge in [-0.05, 0) is 24.2 Å². The number of amides is 2. The molecule has 0 unspecified atom stereocenters. The Morgan fingerprint density at radius 2 is 1.79 bits per heavy atom. The van der Waals surface area contributed by atoms with E-state index in [1.807, 2.05) is 24.3 Å². The Morgan fingerprint density at radius 1 is 1.29 bits per heavy atom. The van der Waals surface area contributed by atoms with Crippen molar-refractivity contribution in [1.82, 2.24) is 10.2 Å². The minimum absolute atomic E-state index is 0.0235. The third-order valence-electron chi connectivity index (χ3n) is 3.18. The maximum absolute atomic E-state index is 11.7. The number of nitrogens with one attached hydrogen (secondary N) is 1. The van der Waals surface area contributed by atoms with Gasteiger partial charge in [0, 0.05) is 30.6 Å². The first-order valence-corrected chi connectivity index (χ1v) is 7.28. The summed E-state index contributed by atoms with van der Waals surface area (Å²) in [5.41, 5.74) is 6.54. The van der Waals surface area contributed by atoms with Crippen molar-refractivity contribution in [3.8, 4) is 0 Å². The van der Waals surface area contributed by atoms with Crippen molar-refractivity contribution in [2.45, 2.75) is 12.7 Å². The van der Waals surface area contributed by atoms with Gasteiger partial charge in [-0.2, -0.15) is 13.2 Å². The van der Waals surface area contributed by atoms with Crippen LogP contribution in [0.2, 0.25) is 5.02 Å². The van der Waals surface area contributed by atoms with Gasteiger partial charge in [-0.1, -0.05) is 23.7 Å². The topological polar surface area (TPSA) is 95.7 Å². The van der Waals surface area contributed by atoms with Crippen LogP contribution in [0.15, 0.2) is 24.3 Å². The van der Waals surface area contributed by atoms with E-state index < -0.39 is 12.1 Å². The van der Waals surface area contributed by atoms with Crippen LogP contribution in [0.25, 0.3) is 0 Å². The number of aliphatic carboxylic acids is 1. The molecule has 1 fully saturated rings. The number of hydrogen-bond acceptors (Lipinski definition) is 3. The number of alkyl halides is 3. The third kappa shape index (κ3) is 6.63. The Morgan fingerprint density at radius 3 is 2.21 bits per heavy atom. The Hall–Kier alpha value is -2.00. The molecule has 1 aromatic carbocycles. The summed E-state index contributed by atoms with van der Waals surface area (Å²) in [5.74, 6) is -2.29. The van der Waals surface area contributed by atoms with Crippen molar-refractivity contribution in [3.05, 3.63) is 34.9 Å². The average molecular weight is 368 g/mol. The zero-order chi connectivity index (χ0) is 18.3. The highest BCUT2D eigenvalue weighted by Gasteiger charge is 2.38. The van der Waals surface area contributed by atoms with E-state index >= 15 is 0 Å². The van der Waals surface area contributed by atoms with Crippen molar-refractivity contribution < 1.29 is 27.9 Å². The van der Waals surface area contributed by atoms with Gasteiger partial charge in [-0.15, -0.1) is 0 Å². The third-order valence-corrected chi connectivity index (χ3v) is 3.43. The molecule has 0 radical (unpaired) electrons. The predicted octanol–water partition coefficient (Wildman–Crippen LogP) is 2.07. The van der Waals surface area contributed by atoms with Gasteiger partial charge < -0.3 is 21.1 Å². The van der Waals surface area contributed by atoms with Gasteiger partial charge in [0.05, 0.1) is 0 Å². The van der Waals surface area contributed by atoms with Crippen molar-refractivity contribution in [2.75, 3.05) is 19.6 Å². The predicted molar refractivity (Wildman–Crippen MR) is 81.5 cm³/mol. The van der Waals surface area contributed by atoms with Crippen LogP contribution < -0.4 is 11.1 Å². The highest BCUT2D eigenvalue weighted by atomic mass is 35.5. The molecule has 0 spiro atoms. The van der Waals surface area contributed by atoms with E-state index in [2.05, 4.69) is 5.32 Å². The van der Waals surface area contributed by atoms with Crippen LogP contribution in [0.5, 0.6) is 0 Å². The second kappa shape index (κ2) is 8.74. The molecule has 10 heteroatoms. The van der Waals surface area contributed by atoms with Crippen LogP contribution in [0.4, 0.5) is 18.0 Å². The second-order valence-electron chi connectivity index (χ2n) is 5.09. The number of carbonyl (C=O) groups is 2. The molecule has 0 bridgehead atoms. The number of carboxylic acid groups (broad SMARTS) is 1. The standard InChI is InChI=1S/C12H16ClN3O.C2HF3O2/c13-11-3-1-9(2-4-11)6-15-12(17)16-7-10(5-14)8-16;3-2(4,5)1(6)7/h1-4,10H,5-8,14H2,(H,15,17);(H,6,7). The fraction of sp³-hybridized carbons (Fsp3) is 0.429. The minimum atomic E-state index is -5.08. The summed E-state index contributed by atoms with van der Waals surface area (Å²) in [6, 6.07) is 7.42. The number of rotatable bonds is 3. The second-order valence-corrected chi connectivity index (χ2v) is 5.53. The number of benzene rings is 1. The molecule has 1 aliphatic heterocycles. The van der Waals surface area contributed by atoms with Crippen molar-refractivity contribution in [3.63, 3.8) is 0 Å². The van der Waals surface area contributed by atoms with Gasteiger partial charge >= 0.3 is 18.2 Å². The van der Waals surface area contributed by atoms with Crippen molar-refractivity contribution >= 4 is 23.6 Å². The molecule has 1 aromatic rings. The molecule has 0 aromatic heterocycles. The van der Waals surface area contributed by atoms with Gasteiger partial charge in [-0.25, -0.2) is 9.59 Å². The van der Waals surface area contributed by atoms with Crippen LogP contribution in [0.3, 0.4) is 0 Å². The molecule has 1 aliphatic rings. The molecule has 2 rings (SSSR count). The normalized spacial score (nSPS) is 14.3. The Kier molecular flexibility index (Phi) is 7.30. The average Bonchev–Trinajstić information content (AvgIpc) is 2.45. The van der Waals surface area contributed by atoms with E-state index in [0.717, 1.165) is 18.7 Å². The van der Waals surface area contributed by atoms with E-state index in [4.69, 9.17) is 27.2 Å². The van der Waals surface area contributed by atoms with Gasteiger partial charge in [0.25, 0.3) is 0 Å². The molecule has 4 N–H and O–H groups in total. The number of carboxylic acids is 1. The molecule has 0 saturated carbocycles. The number of nitrogens with zero attached hydrogens (tertiary/aromatic N) is 1. The molecule has 6 nitrogen and oxygen atoms in total. The van der Waals surface area contributed by atoms with E-state index in [1.165, 1.54) is 0 Å². The zero-order valence-corrected chi connectivity index (χ0v) is 13.3. The van der Waals surface area contributed by atoms with E-state index in [1.54, 1.807) is 4.90 Å². The summed E-state index contributed by atoms with van der Waals surface area (Å²) in [4.78, 5) is 22.3. The number of urea groups is 1. The molecule has 134 valence electrons. The lowest BCUT2D eigenvalue weighted by atomic mass is 10.0. The Labute approximate surface area is 141 Å². The maximum atomic E-state index is 11.7. The lowest BCUT2D eigenvalue weighted by molar-refractivity contribution is -0.192. The zero-order valence-electron chi connectivity index (χ0n) is 12.5. The van der Waals surface area contributed by atoms with Crippen LogP contribution in [-0.4, -0.2) is 47.8 Å². The number of likely N-dealkylation sites (tertiary alicyclic amines) is 1. The fourth-order valence-corrected chi connectivity index (χ4v) is 1.90. The van der Waals surface area contributed by atoms with Gasteiger partial charge in [0.1, 0.15) is 0 Å². The summed E-state index contributed by atoms with van der Waals surface area (Å²) in [6.07, 6.45) is -5.08. The number of nitrogens with two attached hydrogens (primary N) is 1. The summed E-state index contributed by atoms with van der Waals surface area (Å²) in [5, 5.41) is 10.7. The highest BCUT2D eigenvalue weighted by molar-refractivity contribution is 6.30. The molecule has 0 aliphatic carbocycles. The van der Waals surface area contributed by atoms with E-state index in [9.17, 15) is 18.0 Å². The first-order valence-electron chi connectivity index (χ1n) is 6.91. The summed E-state index contributed by atoms with van der Waals surface area (Å²) >= 11 is 5.78. The number of halogens is 4. The molecule has 0 atom stereocenters. The highest BCUT2D eigenvalue weighted by Crippen LogP contribution is 2.14. The Balaban J connectivity index is 0.000000351. The molecule has 1 saturated heterocycles. The molecule has 1 heterocycles. The molecular formula is C14H17ClF3N3O3. The van der Waals surface area contributed by atoms with Gasteiger partial charge in [-0.3, -0.25) is 0 Å². The van der Waals surface area contributed by atoms with Crippen molar-refractivity contribution in [1.29, 1.82) is 0 Å². The molecule has 24 heavy (non-hydrogen) atoms. The number of hydrogen-bond donors (Lipinski definition) is 3. The molecule has 2 amide bonds. The van der Waals surface area contributed by atoms with Crippen molar-refractivity contribution in [2.24, 2.45) is 11.7 Å². The lowest BCUT2D eigenvalue weighted by Crippen LogP contribution is -2.55. The first kappa shape index (κ1) is 20.0. The van der Waals surface area contributed by atoms with Crippen LogP contribution in [0, 0.1) is 5.92 Å². The largest absolute Gasteiger partial charge is 0.490 e. The smallest absolute Gasteiger partial charge is 0.475 e. The Bertz CT molecular complexity index is 561.